The van der Waals surface area contributed by atoms with Crippen LogP contribution in [-0.2, 0) is 17.8 Å². The first kappa shape index (κ1) is 21.9. The van der Waals surface area contributed by atoms with Gasteiger partial charge in [0.25, 0.3) is 0 Å². The van der Waals surface area contributed by atoms with Gasteiger partial charge in [-0.1, -0.05) is 11.3 Å². The first-order chi connectivity index (χ1) is 15.4. The number of nitrogens with one attached hydrogen (secondary N) is 1. The molecule has 32 heavy (non-hydrogen) atoms. The number of ether oxygens (including phenoxy) is 1. The largest absolute Gasteiger partial charge is 0.490 e. The van der Waals surface area contributed by atoms with Crippen molar-refractivity contribution in [2.24, 2.45) is 0 Å². The molecule has 166 valence electrons. The SMILES string of the molecule is Cc1c2c(nn1-c1nnc(-c3ccc(OC(C)C)c(C#N)c3)s1)CNC(CCC(=O)O)C2. The van der Waals surface area contributed by atoms with E-state index in [1.165, 1.54) is 11.3 Å². The number of hydrogen-bond acceptors (Lipinski definition) is 8. The quantitative estimate of drug-likeness (QED) is 0.559. The van der Waals surface area contributed by atoms with E-state index in [9.17, 15) is 10.1 Å². The molecule has 0 spiro atoms. The van der Waals surface area contributed by atoms with E-state index in [1.807, 2.05) is 26.8 Å². The van der Waals surface area contributed by atoms with Gasteiger partial charge in [-0.2, -0.15) is 10.4 Å². The van der Waals surface area contributed by atoms with Crippen molar-refractivity contribution in [1.29, 1.82) is 5.26 Å². The summed E-state index contributed by atoms with van der Waals surface area (Å²) in [6.07, 6.45) is 1.45. The topological polar surface area (TPSA) is 126 Å². The third kappa shape index (κ3) is 4.49. The van der Waals surface area contributed by atoms with Crippen molar-refractivity contribution >= 4 is 17.3 Å². The highest BCUT2D eigenvalue weighted by Crippen LogP contribution is 2.31. The maximum atomic E-state index is 10.9. The molecule has 1 aliphatic heterocycles. The molecule has 10 heteroatoms. The van der Waals surface area contributed by atoms with Gasteiger partial charge in [0.15, 0.2) is 0 Å². The predicted octanol–water partition coefficient (Wildman–Crippen LogP) is 3.24. The van der Waals surface area contributed by atoms with E-state index < -0.39 is 5.97 Å². The fourth-order valence-electron chi connectivity index (χ4n) is 3.77. The minimum absolute atomic E-state index is 0.0203. The van der Waals surface area contributed by atoms with E-state index in [1.54, 1.807) is 16.8 Å². The van der Waals surface area contributed by atoms with Gasteiger partial charge in [0.1, 0.15) is 16.8 Å². The van der Waals surface area contributed by atoms with Crippen LogP contribution >= 0.6 is 11.3 Å². The summed E-state index contributed by atoms with van der Waals surface area (Å²) in [5.41, 5.74) is 4.33. The van der Waals surface area contributed by atoms with Gasteiger partial charge in [-0.3, -0.25) is 4.79 Å². The lowest BCUT2D eigenvalue weighted by molar-refractivity contribution is -0.137. The summed E-state index contributed by atoms with van der Waals surface area (Å²) in [5, 5.41) is 36.5. The number of aromatic nitrogens is 4. The molecule has 4 rings (SSSR count). The van der Waals surface area contributed by atoms with Gasteiger partial charge in [-0.05, 0) is 57.4 Å². The highest BCUT2D eigenvalue weighted by atomic mass is 32.1. The van der Waals surface area contributed by atoms with Gasteiger partial charge in [0.05, 0.1) is 17.4 Å². The maximum Gasteiger partial charge on any atom is 0.303 e. The second kappa shape index (κ2) is 9.06. The van der Waals surface area contributed by atoms with Gasteiger partial charge >= 0.3 is 5.97 Å². The number of nitrogens with zero attached hydrogens (tertiary/aromatic N) is 5. The summed E-state index contributed by atoms with van der Waals surface area (Å²) in [7, 11) is 0. The van der Waals surface area contributed by atoms with Crippen molar-refractivity contribution in [2.75, 3.05) is 0 Å². The third-order valence-corrected chi connectivity index (χ3v) is 6.29. The summed E-state index contributed by atoms with van der Waals surface area (Å²) in [6, 6.07) is 7.73. The van der Waals surface area contributed by atoms with Crippen LogP contribution in [0.1, 0.15) is 49.2 Å². The number of rotatable bonds is 7. The Kier molecular flexibility index (Phi) is 6.21. The Bertz CT molecular complexity index is 1190. The van der Waals surface area contributed by atoms with Crippen LogP contribution in [0.25, 0.3) is 15.7 Å². The number of nitriles is 1. The molecule has 9 nitrogen and oxygen atoms in total. The molecule has 0 radical (unpaired) electrons. The Balaban J connectivity index is 1.58. The number of carboxylic acids is 1. The molecule has 0 aliphatic carbocycles. The zero-order valence-corrected chi connectivity index (χ0v) is 18.9. The average Bonchev–Trinajstić information content (AvgIpc) is 3.37. The Labute approximate surface area is 189 Å². The van der Waals surface area contributed by atoms with Crippen molar-refractivity contribution in [3.05, 3.63) is 40.7 Å². The van der Waals surface area contributed by atoms with E-state index in [-0.39, 0.29) is 18.6 Å². The molecular weight excluding hydrogens is 428 g/mol. The molecule has 0 saturated carbocycles. The Morgan fingerprint density at radius 1 is 1.44 bits per heavy atom. The van der Waals surface area contributed by atoms with Crippen LogP contribution in [0.15, 0.2) is 18.2 Å². The van der Waals surface area contributed by atoms with Crippen molar-refractivity contribution in [2.45, 2.75) is 58.7 Å². The van der Waals surface area contributed by atoms with E-state index in [0.29, 0.717) is 34.4 Å². The fourth-order valence-corrected chi connectivity index (χ4v) is 4.62. The fraction of sp³-hybridized carbons (Fsp3) is 0.409. The monoisotopic (exact) mass is 452 g/mol. The predicted molar refractivity (Wildman–Crippen MR) is 119 cm³/mol. The highest BCUT2D eigenvalue weighted by Gasteiger charge is 2.26. The second-order valence-corrected chi connectivity index (χ2v) is 8.97. The van der Waals surface area contributed by atoms with E-state index in [4.69, 9.17) is 14.9 Å². The Hall–Kier alpha value is -3.29. The number of carbonyl (C=O) groups is 1. The van der Waals surface area contributed by atoms with Crippen LogP contribution < -0.4 is 10.1 Å². The summed E-state index contributed by atoms with van der Waals surface area (Å²) in [5.74, 6) is -0.230. The standard InChI is InChI=1S/C22H24N6O3S/c1-12(2)31-19-6-4-14(8-15(19)10-23)21-25-26-22(32-21)28-13(3)17-9-16(5-7-20(29)30)24-11-18(17)27-28/h4,6,8,12,16,24H,5,7,9,11H2,1-3H3,(H,29,30). The molecule has 0 bridgehead atoms. The van der Waals surface area contributed by atoms with Crippen LogP contribution in [0.3, 0.4) is 0 Å². The summed E-state index contributed by atoms with van der Waals surface area (Å²) < 4.78 is 7.50. The van der Waals surface area contributed by atoms with E-state index in [0.717, 1.165) is 28.9 Å². The second-order valence-electron chi connectivity index (χ2n) is 8.02. The molecule has 2 aromatic heterocycles. The lowest BCUT2D eigenvalue weighted by Gasteiger charge is -2.22. The van der Waals surface area contributed by atoms with Crippen LogP contribution in [0.4, 0.5) is 0 Å². The summed E-state index contributed by atoms with van der Waals surface area (Å²) in [6.45, 7) is 6.43. The molecule has 1 unspecified atom stereocenters. The molecule has 1 atom stereocenters. The zero-order chi connectivity index (χ0) is 22.8. The van der Waals surface area contributed by atoms with Crippen molar-refractivity contribution in [1.82, 2.24) is 25.3 Å². The molecule has 2 N–H and O–H groups in total. The number of benzene rings is 1. The molecule has 0 saturated heterocycles. The molecule has 1 aromatic carbocycles. The maximum absolute atomic E-state index is 10.9. The Morgan fingerprint density at radius 2 is 2.25 bits per heavy atom. The molecule has 3 heterocycles. The number of hydrogen-bond donors (Lipinski definition) is 2. The molecule has 0 fully saturated rings. The van der Waals surface area contributed by atoms with E-state index >= 15 is 0 Å². The van der Waals surface area contributed by atoms with Gasteiger partial charge in [0, 0.05) is 30.3 Å². The smallest absolute Gasteiger partial charge is 0.303 e. The van der Waals surface area contributed by atoms with Gasteiger partial charge in [-0.15, -0.1) is 10.2 Å². The first-order valence-electron chi connectivity index (χ1n) is 10.4. The van der Waals surface area contributed by atoms with Gasteiger partial charge in [0.2, 0.25) is 5.13 Å². The highest BCUT2D eigenvalue weighted by molar-refractivity contribution is 7.17. The summed E-state index contributed by atoms with van der Waals surface area (Å²) in [4.78, 5) is 10.9. The van der Waals surface area contributed by atoms with Crippen molar-refractivity contribution in [3.8, 4) is 27.5 Å². The average molecular weight is 453 g/mol. The minimum Gasteiger partial charge on any atom is -0.490 e. The number of carboxylic acid groups (broad SMARTS) is 1. The number of fused-ring (bicyclic) bond motifs is 1. The number of aliphatic carboxylic acids is 1. The Morgan fingerprint density at radius 3 is 2.97 bits per heavy atom. The normalized spacial score (nSPS) is 15.4. The van der Waals surface area contributed by atoms with Crippen molar-refractivity contribution < 1.29 is 14.6 Å². The van der Waals surface area contributed by atoms with E-state index in [2.05, 4.69) is 21.6 Å². The molecule has 1 aliphatic rings. The van der Waals surface area contributed by atoms with Crippen LogP contribution in [0, 0.1) is 18.3 Å². The molecule has 3 aromatic rings. The van der Waals surface area contributed by atoms with Crippen LogP contribution in [0.2, 0.25) is 0 Å². The van der Waals surface area contributed by atoms with Crippen molar-refractivity contribution in [3.63, 3.8) is 0 Å². The lowest BCUT2D eigenvalue weighted by Crippen LogP contribution is -2.35. The van der Waals surface area contributed by atoms with Gasteiger partial charge in [-0.25, -0.2) is 4.68 Å². The molecular formula is C22H24N6O3S. The molecule has 0 amide bonds. The third-order valence-electron chi connectivity index (χ3n) is 5.34. The van der Waals surface area contributed by atoms with Crippen LogP contribution in [0.5, 0.6) is 5.75 Å². The van der Waals surface area contributed by atoms with Crippen LogP contribution in [-0.4, -0.2) is 43.2 Å². The minimum atomic E-state index is -0.783. The van der Waals surface area contributed by atoms with Gasteiger partial charge < -0.3 is 15.2 Å². The lowest BCUT2D eigenvalue weighted by atomic mass is 9.96. The zero-order valence-electron chi connectivity index (χ0n) is 18.1. The summed E-state index contributed by atoms with van der Waals surface area (Å²) >= 11 is 1.40. The first-order valence-corrected chi connectivity index (χ1v) is 11.2.